The minimum absolute atomic E-state index is 0. The highest BCUT2D eigenvalue weighted by atomic mass is 127. The number of hydrogen-bond acceptors (Lipinski definition) is 3. The molecule has 2 aliphatic rings. The number of carbonyl (C=O) groups is 1. The fourth-order valence-electron chi connectivity index (χ4n) is 2.56. The number of nitrogens with one attached hydrogen (secondary N) is 2. The van der Waals surface area contributed by atoms with Crippen LogP contribution < -0.4 is 10.6 Å². The molecule has 7 heteroatoms. The van der Waals surface area contributed by atoms with Crippen LogP contribution in [0.25, 0.3) is 0 Å². The minimum Gasteiger partial charge on any atom is -0.448 e. The van der Waals surface area contributed by atoms with Gasteiger partial charge in [-0.25, -0.2) is 4.79 Å². The van der Waals surface area contributed by atoms with Gasteiger partial charge in [-0.2, -0.15) is 0 Å². The summed E-state index contributed by atoms with van der Waals surface area (Å²) in [7, 11) is 1.79. The molecule has 0 aromatic rings. The number of amides is 1. The van der Waals surface area contributed by atoms with Crippen molar-refractivity contribution in [3.8, 4) is 0 Å². The van der Waals surface area contributed by atoms with Gasteiger partial charge in [-0.3, -0.25) is 4.99 Å². The van der Waals surface area contributed by atoms with Gasteiger partial charge >= 0.3 is 6.09 Å². The number of rotatable bonds is 5. The summed E-state index contributed by atoms with van der Waals surface area (Å²) in [6, 6.07) is 0.569. The fourth-order valence-corrected chi connectivity index (χ4v) is 2.56. The Morgan fingerprint density at radius 2 is 2.20 bits per heavy atom. The van der Waals surface area contributed by atoms with E-state index in [4.69, 9.17) is 4.74 Å². The van der Waals surface area contributed by atoms with Gasteiger partial charge in [-0.15, -0.1) is 24.0 Å². The molecule has 0 atom stereocenters. The van der Waals surface area contributed by atoms with Gasteiger partial charge in [0.25, 0.3) is 0 Å². The summed E-state index contributed by atoms with van der Waals surface area (Å²) in [5.74, 6) is 0.871. The molecule has 1 saturated heterocycles. The monoisotopic (exact) mass is 396 g/mol. The Hall–Kier alpha value is -0.730. The van der Waals surface area contributed by atoms with E-state index in [2.05, 4.69) is 15.6 Å². The molecular formula is C13H25IN4O2. The molecule has 0 radical (unpaired) electrons. The van der Waals surface area contributed by atoms with Crippen molar-refractivity contribution < 1.29 is 9.53 Å². The van der Waals surface area contributed by atoms with E-state index >= 15 is 0 Å². The Morgan fingerprint density at radius 3 is 2.80 bits per heavy atom. The zero-order chi connectivity index (χ0) is 13.5. The van der Waals surface area contributed by atoms with Crippen LogP contribution in [0.3, 0.4) is 0 Å². The molecule has 0 aromatic heterocycles. The summed E-state index contributed by atoms with van der Waals surface area (Å²) >= 11 is 0. The molecule has 0 unspecified atom stereocenters. The summed E-state index contributed by atoms with van der Waals surface area (Å²) in [6.07, 6.45) is 5.81. The second-order valence-corrected chi connectivity index (χ2v) is 5.08. The summed E-state index contributed by atoms with van der Waals surface area (Å²) in [4.78, 5) is 17.2. The van der Waals surface area contributed by atoms with Gasteiger partial charge in [0.05, 0.1) is 6.54 Å². The SMILES string of the molecule is CN=C(NCCCN1CCOC1=O)NC1CCCC1.I. The molecule has 1 amide bonds. The van der Waals surface area contributed by atoms with E-state index < -0.39 is 0 Å². The predicted molar refractivity (Wildman–Crippen MR) is 89.7 cm³/mol. The van der Waals surface area contributed by atoms with E-state index in [9.17, 15) is 4.79 Å². The van der Waals surface area contributed by atoms with E-state index in [0.717, 1.165) is 25.5 Å². The number of halogens is 1. The second-order valence-electron chi connectivity index (χ2n) is 5.08. The Kier molecular flexibility index (Phi) is 8.01. The van der Waals surface area contributed by atoms with Gasteiger partial charge in [-0.1, -0.05) is 12.8 Å². The fraction of sp³-hybridized carbons (Fsp3) is 0.846. The van der Waals surface area contributed by atoms with Crippen LogP contribution in [0.1, 0.15) is 32.1 Å². The zero-order valence-electron chi connectivity index (χ0n) is 12.1. The van der Waals surface area contributed by atoms with E-state index in [0.29, 0.717) is 19.2 Å². The second kappa shape index (κ2) is 9.25. The molecule has 20 heavy (non-hydrogen) atoms. The highest BCUT2D eigenvalue weighted by Gasteiger charge is 2.21. The number of ether oxygens (including phenoxy) is 1. The number of hydrogen-bond donors (Lipinski definition) is 2. The first-order chi connectivity index (χ1) is 9.29. The first kappa shape index (κ1) is 17.3. The van der Waals surface area contributed by atoms with Gasteiger partial charge in [-0.05, 0) is 19.3 Å². The standard InChI is InChI=1S/C13H24N4O2.HI/c1-14-12(16-11-5-2-3-6-11)15-7-4-8-17-9-10-19-13(17)18;/h11H,2-10H2,1H3,(H2,14,15,16);1H. The molecule has 2 fully saturated rings. The number of carbonyl (C=O) groups excluding carboxylic acids is 1. The Bertz CT molecular complexity index is 332. The lowest BCUT2D eigenvalue weighted by Gasteiger charge is -2.17. The van der Waals surface area contributed by atoms with Crippen molar-refractivity contribution in [2.45, 2.75) is 38.1 Å². The lowest BCUT2D eigenvalue weighted by atomic mass is 10.2. The van der Waals surface area contributed by atoms with Crippen molar-refractivity contribution in [1.82, 2.24) is 15.5 Å². The molecule has 1 aliphatic carbocycles. The normalized spacial score (nSPS) is 19.8. The van der Waals surface area contributed by atoms with E-state index in [1.54, 1.807) is 11.9 Å². The van der Waals surface area contributed by atoms with Crippen LogP contribution in [0.4, 0.5) is 4.79 Å². The quantitative estimate of drug-likeness (QED) is 0.320. The molecule has 0 spiro atoms. The van der Waals surface area contributed by atoms with Gasteiger partial charge in [0.15, 0.2) is 5.96 Å². The van der Waals surface area contributed by atoms with E-state index in [-0.39, 0.29) is 30.1 Å². The van der Waals surface area contributed by atoms with Crippen molar-refractivity contribution in [1.29, 1.82) is 0 Å². The van der Waals surface area contributed by atoms with Crippen molar-refractivity contribution in [2.24, 2.45) is 4.99 Å². The number of nitrogens with zero attached hydrogens (tertiary/aromatic N) is 2. The van der Waals surface area contributed by atoms with Crippen molar-refractivity contribution >= 4 is 36.0 Å². The molecule has 1 aliphatic heterocycles. The van der Waals surface area contributed by atoms with Gasteiger partial charge < -0.3 is 20.3 Å². The molecule has 1 saturated carbocycles. The van der Waals surface area contributed by atoms with E-state index in [1.807, 2.05) is 0 Å². The van der Waals surface area contributed by atoms with Crippen molar-refractivity contribution in [3.63, 3.8) is 0 Å². The van der Waals surface area contributed by atoms with Crippen LogP contribution in [-0.2, 0) is 4.74 Å². The highest BCUT2D eigenvalue weighted by Crippen LogP contribution is 2.17. The first-order valence-electron chi connectivity index (χ1n) is 7.18. The van der Waals surface area contributed by atoms with Crippen LogP contribution >= 0.6 is 24.0 Å². The van der Waals surface area contributed by atoms with Gasteiger partial charge in [0.2, 0.25) is 0 Å². The summed E-state index contributed by atoms with van der Waals surface area (Å²) in [6.45, 7) is 2.80. The summed E-state index contributed by atoms with van der Waals surface area (Å²) in [5.41, 5.74) is 0. The number of aliphatic imine (C=N–C) groups is 1. The number of cyclic esters (lactones) is 1. The molecule has 6 nitrogen and oxygen atoms in total. The molecule has 0 bridgehead atoms. The third-order valence-corrected chi connectivity index (χ3v) is 3.66. The Morgan fingerprint density at radius 1 is 1.45 bits per heavy atom. The average molecular weight is 396 g/mol. The number of guanidine groups is 1. The molecule has 2 N–H and O–H groups in total. The lowest BCUT2D eigenvalue weighted by Crippen LogP contribution is -2.43. The predicted octanol–water partition coefficient (Wildman–Crippen LogP) is 1.55. The Labute approximate surface area is 137 Å². The third-order valence-electron chi connectivity index (χ3n) is 3.66. The van der Waals surface area contributed by atoms with Crippen molar-refractivity contribution in [2.75, 3.05) is 33.3 Å². The van der Waals surface area contributed by atoms with Gasteiger partial charge in [0.1, 0.15) is 6.61 Å². The zero-order valence-corrected chi connectivity index (χ0v) is 14.4. The van der Waals surface area contributed by atoms with Gasteiger partial charge in [0, 0.05) is 26.2 Å². The molecule has 116 valence electrons. The maximum Gasteiger partial charge on any atom is 0.409 e. The van der Waals surface area contributed by atoms with Crippen LogP contribution in [-0.4, -0.2) is 56.3 Å². The van der Waals surface area contributed by atoms with Crippen LogP contribution in [0.15, 0.2) is 4.99 Å². The van der Waals surface area contributed by atoms with Crippen molar-refractivity contribution in [3.05, 3.63) is 0 Å². The third kappa shape index (κ3) is 5.34. The smallest absolute Gasteiger partial charge is 0.409 e. The highest BCUT2D eigenvalue weighted by molar-refractivity contribution is 14.0. The molecule has 2 rings (SSSR count). The topological polar surface area (TPSA) is 66.0 Å². The summed E-state index contributed by atoms with van der Waals surface area (Å²) < 4.78 is 4.88. The molecule has 0 aromatic carbocycles. The Balaban J connectivity index is 0.00000200. The molecular weight excluding hydrogens is 371 g/mol. The van der Waals surface area contributed by atoms with Crippen LogP contribution in [0.2, 0.25) is 0 Å². The maximum atomic E-state index is 11.2. The molecule has 1 heterocycles. The summed E-state index contributed by atoms with van der Waals surface area (Å²) in [5, 5.41) is 6.73. The maximum absolute atomic E-state index is 11.2. The van der Waals surface area contributed by atoms with Crippen LogP contribution in [0, 0.1) is 0 Å². The minimum atomic E-state index is -0.187. The van der Waals surface area contributed by atoms with Crippen LogP contribution in [0.5, 0.6) is 0 Å². The first-order valence-corrected chi connectivity index (χ1v) is 7.18. The average Bonchev–Trinajstić information content (AvgIpc) is 3.05. The largest absolute Gasteiger partial charge is 0.448 e. The van der Waals surface area contributed by atoms with E-state index in [1.165, 1.54) is 25.7 Å². The lowest BCUT2D eigenvalue weighted by molar-refractivity contribution is 0.158.